The van der Waals surface area contributed by atoms with E-state index in [0.717, 1.165) is 24.5 Å². The highest BCUT2D eigenvalue weighted by atomic mass is 16.5. The van der Waals surface area contributed by atoms with Crippen LogP contribution in [0.4, 0.5) is 0 Å². The Kier molecular flexibility index (Phi) is 5.52. The highest BCUT2D eigenvalue weighted by Gasteiger charge is 2.28. The first kappa shape index (κ1) is 14.2. The fraction of sp³-hybridized carbons (Fsp3) is 0.625. The summed E-state index contributed by atoms with van der Waals surface area (Å²) in [5, 5.41) is 3.59. The number of hydrogen-bond acceptors (Lipinski definition) is 3. The molecule has 3 heteroatoms. The van der Waals surface area contributed by atoms with Crippen LogP contribution in [0.3, 0.4) is 0 Å². The van der Waals surface area contributed by atoms with E-state index in [1.807, 2.05) is 31.2 Å². The monoisotopic (exact) mass is 263 g/mol. The van der Waals surface area contributed by atoms with Gasteiger partial charge >= 0.3 is 0 Å². The van der Waals surface area contributed by atoms with Crippen LogP contribution in [0.1, 0.15) is 39.5 Å². The van der Waals surface area contributed by atoms with E-state index in [1.54, 1.807) is 0 Å². The van der Waals surface area contributed by atoms with Gasteiger partial charge in [-0.05, 0) is 51.3 Å². The molecular formula is C16H25NO2. The Morgan fingerprint density at radius 2 is 1.95 bits per heavy atom. The lowest BCUT2D eigenvalue weighted by Crippen LogP contribution is -2.39. The number of ether oxygens (including phenoxy) is 2. The van der Waals surface area contributed by atoms with Gasteiger partial charge in [0.25, 0.3) is 0 Å². The first-order chi connectivity index (χ1) is 9.35. The van der Waals surface area contributed by atoms with Crippen molar-refractivity contribution in [1.82, 2.24) is 5.32 Å². The molecule has 106 valence electrons. The molecule has 3 nitrogen and oxygen atoms in total. The fourth-order valence-corrected chi connectivity index (χ4v) is 2.62. The van der Waals surface area contributed by atoms with Gasteiger partial charge in [0.1, 0.15) is 6.10 Å². The van der Waals surface area contributed by atoms with Crippen molar-refractivity contribution in [3.8, 4) is 11.5 Å². The second kappa shape index (κ2) is 7.39. The Labute approximate surface area is 116 Å². The molecule has 2 rings (SSSR count). The van der Waals surface area contributed by atoms with E-state index in [1.165, 1.54) is 19.3 Å². The molecule has 2 atom stereocenters. The van der Waals surface area contributed by atoms with E-state index in [-0.39, 0.29) is 6.10 Å². The van der Waals surface area contributed by atoms with E-state index in [0.29, 0.717) is 12.6 Å². The van der Waals surface area contributed by atoms with Crippen LogP contribution in [0.25, 0.3) is 0 Å². The van der Waals surface area contributed by atoms with Crippen molar-refractivity contribution >= 4 is 0 Å². The van der Waals surface area contributed by atoms with Crippen molar-refractivity contribution in [2.24, 2.45) is 0 Å². The highest BCUT2D eigenvalue weighted by Crippen LogP contribution is 2.31. The average molecular weight is 263 g/mol. The van der Waals surface area contributed by atoms with Crippen LogP contribution < -0.4 is 14.8 Å². The molecule has 1 fully saturated rings. The number of hydrogen-bond donors (Lipinski definition) is 1. The third-order valence-electron chi connectivity index (χ3n) is 3.54. The number of rotatable bonds is 7. The Bertz CT molecular complexity index is 381. The molecule has 0 aromatic heterocycles. The summed E-state index contributed by atoms with van der Waals surface area (Å²) in [6.45, 7) is 5.93. The van der Waals surface area contributed by atoms with Gasteiger partial charge in [-0.15, -0.1) is 0 Å². The van der Waals surface area contributed by atoms with Crippen molar-refractivity contribution in [2.75, 3.05) is 13.2 Å². The van der Waals surface area contributed by atoms with Crippen LogP contribution in [0.2, 0.25) is 0 Å². The molecule has 0 radical (unpaired) electrons. The van der Waals surface area contributed by atoms with Gasteiger partial charge < -0.3 is 14.8 Å². The Balaban J connectivity index is 1.99. The first-order valence-corrected chi connectivity index (χ1v) is 7.47. The predicted molar refractivity (Wildman–Crippen MR) is 78.0 cm³/mol. The molecule has 0 bridgehead atoms. The van der Waals surface area contributed by atoms with Crippen molar-refractivity contribution in [2.45, 2.75) is 51.7 Å². The van der Waals surface area contributed by atoms with Crippen molar-refractivity contribution in [1.29, 1.82) is 0 Å². The average Bonchev–Trinajstić information content (AvgIpc) is 2.86. The molecule has 1 aromatic rings. The lowest BCUT2D eigenvalue weighted by molar-refractivity contribution is 0.166. The van der Waals surface area contributed by atoms with E-state index in [2.05, 4.69) is 12.2 Å². The summed E-state index contributed by atoms with van der Waals surface area (Å²) >= 11 is 0. The molecule has 1 aliphatic carbocycles. The van der Waals surface area contributed by atoms with Gasteiger partial charge in [-0.1, -0.05) is 19.1 Å². The topological polar surface area (TPSA) is 30.5 Å². The molecule has 0 heterocycles. The van der Waals surface area contributed by atoms with Gasteiger partial charge in [0.15, 0.2) is 11.5 Å². The Morgan fingerprint density at radius 3 is 2.68 bits per heavy atom. The minimum atomic E-state index is 0.271. The van der Waals surface area contributed by atoms with Crippen LogP contribution in [0, 0.1) is 0 Å². The summed E-state index contributed by atoms with van der Waals surface area (Å²) in [5.41, 5.74) is 0. The largest absolute Gasteiger partial charge is 0.490 e. The Morgan fingerprint density at radius 1 is 1.16 bits per heavy atom. The van der Waals surface area contributed by atoms with Crippen LogP contribution in [-0.2, 0) is 0 Å². The summed E-state index contributed by atoms with van der Waals surface area (Å²) in [6.07, 6.45) is 5.01. The Hall–Kier alpha value is -1.22. The van der Waals surface area contributed by atoms with E-state index in [9.17, 15) is 0 Å². The minimum Gasteiger partial charge on any atom is -0.490 e. The number of para-hydroxylation sites is 2. The first-order valence-electron chi connectivity index (χ1n) is 7.47. The van der Waals surface area contributed by atoms with Crippen molar-refractivity contribution < 1.29 is 9.47 Å². The van der Waals surface area contributed by atoms with E-state index < -0.39 is 0 Å². The van der Waals surface area contributed by atoms with Gasteiger partial charge in [0.05, 0.1) is 6.61 Å². The molecule has 0 spiro atoms. The van der Waals surface area contributed by atoms with Crippen molar-refractivity contribution in [3.05, 3.63) is 24.3 Å². The smallest absolute Gasteiger partial charge is 0.161 e. The lowest BCUT2D eigenvalue weighted by atomic mass is 10.2. The quantitative estimate of drug-likeness (QED) is 0.818. The van der Waals surface area contributed by atoms with E-state index in [4.69, 9.17) is 9.47 Å². The molecule has 1 aromatic carbocycles. The van der Waals surface area contributed by atoms with Crippen molar-refractivity contribution in [3.63, 3.8) is 0 Å². The third-order valence-corrected chi connectivity index (χ3v) is 3.54. The molecular weight excluding hydrogens is 238 g/mol. The molecule has 0 amide bonds. The van der Waals surface area contributed by atoms with Crippen LogP contribution in [0.5, 0.6) is 11.5 Å². The summed E-state index contributed by atoms with van der Waals surface area (Å²) in [5.74, 6) is 1.73. The minimum absolute atomic E-state index is 0.271. The maximum atomic E-state index is 6.18. The second-order valence-electron chi connectivity index (χ2n) is 5.03. The van der Waals surface area contributed by atoms with Gasteiger partial charge in [-0.25, -0.2) is 0 Å². The summed E-state index contributed by atoms with van der Waals surface area (Å²) in [6, 6.07) is 8.44. The SMILES string of the molecule is CCCNC1CCCC1Oc1ccccc1OCC. The lowest BCUT2D eigenvalue weighted by Gasteiger charge is -2.23. The molecule has 19 heavy (non-hydrogen) atoms. The summed E-state index contributed by atoms with van der Waals surface area (Å²) in [7, 11) is 0. The maximum Gasteiger partial charge on any atom is 0.161 e. The summed E-state index contributed by atoms with van der Waals surface area (Å²) < 4.78 is 11.8. The predicted octanol–water partition coefficient (Wildman–Crippen LogP) is 3.38. The van der Waals surface area contributed by atoms with Gasteiger partial charge in [-0.2, -0.15) is 0 Å². The third kappa shape index (κ3) is 3.87. The molecule has 1 saturated carbocycles. The maximum absolute atomic E-state index is 6.18. The molecule has 2 unspecified atom stereocenters. The van der Waals surface area contributed by atoms with Crippen LogP contribution >= 0.6 is 0 Å². The molecule has 0 saturated heterocycles. The second-order valence-corrected chi connectivity index (χ2v) is 5.03. The van der Waals surface area contributed by atoms with Gasteiger partial charge in [-0.3, -0.25) is 0 Å². The number of nitrogens with one attached hydrogen (secondary N) is 1. The summed E-state index contributed by atoms with van der Waals surface area (Å²) in [4.78, 5) is 0. The normalized spacial score (nSPS) is 22.4. The zero-order chi connectivity index (χ0) is 13.5. The fourth-order valence-electron chi connectivity index (χ4n) is 2.62. The van der Waals surface area contributed by atoms with E-state index >= 15 is 0 Å². The zero-order valence-electron chi connectivity index (χ0n) is 12.0. The van der Waals surface area contributed by atoms with Crippen LogP contribution in [0.15, 0.2) is 24.3 Å². The number of benzene rings is 1. The van der Waals surface area contributed by atoms with Gasteiger partial charge in [0, 0.05) is 6.04 Å². The molecule has 0 aliphatic heterocycles. The molecule has 1 aliphatic rings. The zero-order valence-corrected chi connectivity index (χ0v) is 12.0. The standard InChI is InChI=1S/C16H25NO2/c1-3-12-17-13-8-7-11-14(13)19-16-10-6-5-9-15(16)18-4-2/h5-6,9-10,13-14,17H,3-4,7-8,11-12H2,1-2H3. The van der Waals surface area contributed by atoms with Gasteiger partial charge in [0.2, 0.25) is 0 Å². The molecule has 1 N–H and O–H groups in total. The highest BCUT2D eigenvalue weighted by molar-refractivity contribution is 5.39. The van der Waals surface area contributed by atoms with Crippen LogP contribution in [-0.4, -0.2) is 25.3 Å².